The van der Waals surface area contributed by atoms with Gasteiger partial charge in [0.2, 0.25) is 0 Å². The van der Waals surface area contributed by atoms with Crippen LogP contribution in [0.4, 0.5) is 10.1 Å². The third-order valence-electron chi connectivity index (χ3n) is 7.79. The minimum Gasteiger partial charge on any atom is -0.321 e. The average Bonchev–Trinajstić information content (AvgIpc) is 3.23. The number of hydrogen-bond donors (Lipinski definition) is 2. The molecule has 36 heavy (non-hydrogen) atoms. The molecule has 0 aliphatic heterocycles. The molecule has 0 unspecified atom stereocenters. The van der Waals surface area contributed by atoms with Gasteiger partial charge in [-0.25, -0.2) is 8.91 Å². The van der Waals surface area contributed by atoms with Crippen LogP contribution in [0.15, 0.2) is 48.9 Å². The standard InChI is InChI=1S/C27H30FN7O/c1-17-12-27(13-17,25-33-30-16-34(25)3)19-5-4-6-20(11-19)32-24(36)23-10-18(14-29-26(2)7-8-26)9-22-21(28)15-31-35(22)23/h4-6,9-11,15-17,29H,7-8,12-14H2,1-3H3,(H,32,36). The fourth-order valence-electron chi connectivity index (χ4n) is 5.54. The average molecular weight is 488 g/mol. The number of nitrogens with zero attached hydrogens (tertiary/aromatic N) is 5. The molecular formula is C27H30FN7O. The van der Waals surface area contributed by atoms with Crippen molar-refractivity contribution in [1.29, 1.82) is 0 Å². The lowest BCUT2D eigenvalue weighted by atomic mass is 9.58. The Balaban J connectivity index is 1.30. The van der Waals surface area contributed by atoms with E-state index >= 15 is 0 Å². The van der Waals surface area contributed by atoms with Crippen LogP contribution in [0.3, 0.4) is 0 Å². The Kier molecular flexibility index (Phi) is 5.22. The number of aromatic nitrogens is 5. The molecular weight excluding hydrogens is 457 g/mol. The molecule has 0 bridgehead atoms. The number of fused-ring (bicyclic) bond motifs is 1. The zero-order valence-electron chi connectivity index (χ0n) is 20.8. The maximum absolute atomic E-state index is 14.5. The van der Waals surface area contributed by atoms with Gasteiger partial charge in [-0.1, -0.05) is 19.1 Å². The van der Waals surface area contributed by atoms with Gasteiger partial charge in [0.25, 0.3) is 5.91 Å². The van der Waals surface area contributed by atoms with Crippen molar-refractivity contribution in [1.82, 2.24) is 29.7 Å². The second-order valence-electron chi connectivity index (χ2n) is 10.8. The van der Waals surface area contributed by atoms with Gasteiger partial charge < -0.3 is 15.2 Å². The molecule has 0 saturated heterocycles. The van der Waals surface area contributed by atoms with Gasteiger partial charge in [-0.15, -0.1) is 10.2 Å². The number of carbonyl (C=O) groups excluding carboxylic acids is 1. The van der Waals surface area contributed by atoms with E-state index in [9.17, 15) is 9.18 Å². The van der Waals surface area contributed by atoms with E-state index in [-0.39, 0.29) is 16.9 Å². The lowest BCUT2D eigenvalue weighted by Gasteiger charge is -2.46. The van der Waals surface area contributed by atoms with Gasteiger partial charge in [0.1, 0.15) is 23.4 Å². The summed E-state index contributed by atoms with van der Waals surface area (Å²) in [7, 11) is 1.96. The first-order chi connectivity index (χ1) is 17.3. The van der Waals surface area contributed by atoms with Gasteiger partial charge in [0.05, 0.1) is 11.6 Å². The Bertz CT molecular complexity index is 1460. The van der Waals surface area contributed by atoms with Crippen molar-refractivity contribution in [3.63, 3.8) is 0 Å². The Morgan fingerprint density at radius 2 is 2.03 bits per heavy atom. The van der Waals surface area contributed by atoms with E-state index in [2.05, 4.69) is 45.8 Å². The molecule has 3 aromatic heterocycles. The molecule has 8 nitrogen and oxygen atoms in total. The molecule has 3 heterocycles. The summed E-state index contributed by atoms with van der Waals surface area (Å²) in [5, 5.41) is 19.2. The number of pyridine rings is 1. The zero-order valence-corrected chi connectivity index (χ0v) is 20.8. The van der Waals surface area contributed by atoms with Gasteiger partial charge in [-0.2, -0.15) is 5.10 Å². The van der Waals surface area contributed by atoms with Crippen molar-refractivity contribution in [3.8, 4) is 0 Å². The van der Waals surface area contributed by atoms with E-state index in [0.717, 1.165) is 48.8 Å². The third-order valence-corrected chi connectivity index (χ3v) is 7.79. The number of benzene rings is 1. The van der Waals surface area contributed by atoms with Crippen LogP contribution >= 0.6 is 0 Å². The number of halogens is 1. The highest BCUT2D eigenvalue weighted by atomic mass is 19.1. The molecule has 9 heteroatoms. The second-order valence-corrected chi connectivity index (χ2v) is 10.8. The number of hydrogen-bond acceptors (Lipinski definition) is 5. The molecule has 0 atom stereocenters. The van der Waals surface area contributed by atoms with Crippen LogP contribution in [0.25, 0.3) is 5.52 Å². The van der Waals surface area contributed by atoms with E-state index in [1.165, 1.54) is 4.52 Å². The van der Waals surface area contributed by atoms with Crippen molar-refractivity contribution in [2.75, 3.05) is 5.32 Å². The Hall–Kier alpha value is -3.59. The molecule has 2 fully saturated rings. The largest absolute Gasteiger partial charge is 0.321 e. The van der Waals surface area contributed by atoms with Crippen LogP contribution in [-0.4, -0.2) is 35.8 Å². The molecule has 6 rings (SSSR count). The molecule has 2 aliphatic rings. The number of aryl methyl sites for hydroxylation is 1. The van der Waals surface area contributed by atoms with E-state index in [0.29, 0.717) is 29.4 Å². The smallest absolute Gasteiger partial charge is 0.274 e. The topological polar surface area (TPSA) is 89.1 Å². The van der Waals surface area contributed by atoms with Crippen molar-refractivity contribution in [3.05, 3.63) is 77.4 Å². The van der Waals surface area contributed by atoms with Crippen LogP contribution in [-0.2, 0) is 19.0 Å². The predicted octanol–water partition coefficient (Wildman–Crippen LogP) is 4.21. The van der Waals surface area contributed by atoms with Crippen LogP contribution < -0.4 is 10.6 Å². The molecule has 2 saturated carbocycles. The zero-order chi connectivity index (χ0) is 25.1. The van der Waals surface area contributed by atoms with Gasteiger partial charge in [0.15, 0.2) is 5.82 Å². The predicted molar refractivity (Wildman–Crippen MR) is 134 cm³/mol. The van der Waals surface area contributed by atoms with Crippen molar-refractivity contribution in [2.45, 2.75) is 57.0 Å². The van der Waals surface area contributed by atoms with E-state index in [1.807, 2.05) is 29.8 Å². The minimum atomic E-state index is -0.449. The lowest BCUT2D eigenvalue weighted by molar-refractivity contribution is 0.102. The van der Waals surface area contributed by atoms with Crippen LogP contribution in [0.1, 0.15) is 67.0 Å². The monoisotopic (exact) mass is 487 g/mol. The second kappa shape index (κ2) is 8.23. The van der Waals surface area contributed by atoms with Gasteiger partial charge in [-0.05, 0) is 73.9 Å². The number of anilines is 1. The molecule has 4 aromatic rings. The van der Waals surface area contributed by atoms with Crippen molar-refractivity contribution >= 4 is 17.1 Å². The van der Waals surface area contributed by atoms with Gasteiger partial charge in [0, 0.05) is 24.8 Å². The summed E-state index contributed by atoms with van der Waals surface area (Å²) >= 11 is 0. The summed E-state index contributed by atoms with van der Waals surface area (Å²) in [4.78, 5) is 13.4. The number of nitrogens with one attached hydrogen (secondary N) is 2. The quantitative estimate of drug-likeness (QED) is 0.408. The SMILES string of the molecule is CC1CC(c2cccc(NC(=O)c3cc(CNC4(C)CC4)cc4c(F)cnn34)c2)(c2nncn2C)C1. The first-order valence-corrected chi connectivity index (χ1v) is 12.4. The summed E-state index contributed by atoms with van der Waals surface area (Å²) in [5.74, 6) is 0.726. The van der Waals surface area contributed by atoms with E-state index in [1.54, 1.807) is 18.5 Å². The normalized spacial score (nSPS) is 22.4. The number of amides is 1. The van der Waals surface area contributed by atoms with Crippen LogP contribution in [0, 0.1) is 11.7 Å². The molecule has 2 aliphatic carbocycles. The highest BCUT2D eigenvalue weighted by Crippen LogP contribution is 2.51. The summed E-state index contributed by atoms with van der Waals surface area (Å²) < 4.78 is 17.8. The fourth-order valence-corrected chi connectivity index (χ4v) is 5.54. The van der Waals surface area contributed by atoms with Crippen LogP contribution in [0.2, 0.25) is 0 Å². The Morgan fingerprint density at radius 3 is 2.72 bits per heavy atom. The maximum Gasteiger partial charge on any atom is 0.274 e. The molecule has 2 N–H and O–H groups in total. The molecule has 1 aromatic carbocycles. The third kappa shape index (κ3) is 3.87. The van der Waals surface area contributed by atoms with E-state index < -0.39 is 5.82 Å². The molecule has 1 amide bonds. The van der Waals surface area contributed by atoms with Crippen LogP contribution in [0.5, 0.6) is 0 Å². The summed E-state index contributed by atoms with van der Waals surface area (Å²) in [5.41, 5.74) is 3.10. The van der Waals surface area contributed by atoms with Gasteiger partial charge >= 0.3 is 0 Å². The van der Waals surface area contributed by atoms with Gasteiger partial charge in [-0.3, -0.25) is 4.79 Å². The Morgan fingerprint density at radius 1 is 1.22 bits per heavy atom. The maximum atomic E-state index is 14.5. The van der Waals surface area contributed by atoms with Crippen molar-refractivity contribution in [2.24, 2.45) is 13.0 Å². The molecule has 0 radical (unpaired) electrons. The minimum absolute atomic E-state index is 0.130. The Labute approximate surface area is 208 Å². The number of rotatable bonds is 7. The molecule has 0 spiro atoms. The fraction of sp³-hybridized carbons (Fsp3) is 0.407. The van der Waals surface area contributed by atoms with Crippen molar-refractivity contribution < 1.29 is 9.18 Å². The highest BCUT2D eigenvalue weighted by molar-refractivity contribution is 6.03. The summed E-state index contributed by atoms with van der Waals surface area (Å²) in [6.07, 6.45) is 7.06. The first kappa shape index (κ1) is 22.8. The summed E-state index contributed by atoms with van der Waals surface area (Å²) in [6, 6.07) is 11.5. The summed E-state index contributed by atoms with van der Waals surface area (Å²) in [6.45, 7) is 4.97. The molecule has 186 valence electrons. The lowest BCUT2D eigenvalue weighted by Crippen LogP contribution is -2.43. The highest BCUT2D eigenvalue weighted by Gasteiger charge is 2.48. The first-order valence-electron chi connectivity index (χ1n) is 12.4. The number of carbonyl (C=O) groups is 1. The van der Waals surface area contributed by atoms with E-state index in [4.69, 9.17) is 0 Å².